The molecule has 0 bridgehead atoms. The molecule has 1 heterocycles. The Balaban J connectivity index is 2.39. The lowest BCUT2D eigenvalue weighted by Gasteiger charge is -2.35. The summed E-state index contributed by atoms with van der Waals surface area (Å²) in [7, 11) is 4.07. The highest BCUT2D eigenvalue weighted by Crippen LogP contribution is 2.16. The molecule has 0 saturated carbocycles. The minimum atomic E-state index is -0.626. The van der Waals surface area contributed by atoms with Gasteiger partial charge in [0, 0.05) is 31.7 Å². The zero-order valence-corrected chi connectivity index (χ0v) is 11.0. The van der Waals surface area contributed by atoms with E-state index in [0.29, 0.717) is 18.5 Å². The van der Waals surface area contributed by atoms with Crippen molar-refractivity contribution >= 4 is 0 Å². The predicted molar refractivity (Wildman–Crippen MR) is 65.6 cm³/mol. The molecule has 0 aliphatic carbocycles. The molecule has 2 N–H and O–H groups in total. The number of ether oxygens (including phenoxy) is 1. The van der Waals surface area contributed by atoms with Crippen LogP contribution in [-0.4, -0.2) is 62.0 Å². The maximum absolute atomic E-state index is 9.75. The lowest BCUT2D eigenvalue weighted by molar-refractivity contribution is 0.00180. The van der Waals surface area contributed by atoms with Crippen molar-refractivity contribution in [1.82, 2.24) is 10.2 Å². The number of nitrogens with one attached hydrogen (secondary N) is 1. The molecule has 1 aliphatic rings. The van der Waals surface area contributed by atoms with Gasteiger partial charge in [0.15, 0.2) is 0 Å². The average molecular weight is 230 g/mol. The van der Waals surface area contributed by atoms with E-state index in [1.807, 2.05) is 20.9 Å². The van der Waals surface area contributed by atoms with Crippen LogP contribution >= 0.6 is 0 Å². The molecular formula is C12H26N2O2. The molecular weight excluding hydrogens is 204 g/mol. The maximum Gasteiger partial charge on any atom is 0.0718 e. The fraction of sp³-hybridized carbons (Fsp3) is 1.00. The quantitative estimate of drug-likeness (QED) is 0.714. The van der Waals surface area contributed by atoms with Crippen molar-refractivity contribution in [3.63, 3.8) is 0 Å². The van der Waals surface area contributed by atoms with Crippen molar-refractivity contribution in [2.24, 2.45) is 5.92 Å². The molecule has 1 saturated heterocycles. The van der Waals surface area contributed by atoms with Gasteiger partial charge >= 0.3 is 0 Å². The summed E-state index contributed by atoms with van der Waals surface area (Å²) in [4.78, 5) is 2.18. The first-order valence-electron chi connectivity index (χ1n) is 6.08. The van der Waals surface area contributed by atoms with Gasteiger partial charge in [0.05, 0.1) is 12.2 Å². The monoisotopic (exact) mass is 230 g/mol. The summed E-state index contributed by atoms with van der Waals surface area (Å²) in [6.07, 6.45) is 1.08. The van der Waals surface area contributed by atoms with Crippen molar-refractivity contribution in [2.45, 2.75) is 31.9 Å². The van der Waals surface area contributed by atoms with Crippen LogP contribution in [0.2, 0.25) is 0 Å². The third-order valence-electron chi connectivity index (χ3n) is 3.05. The zero-order valence-electron chi connectivity index (χ0n) is 11.0. The molecule has 4 nitrogen and oxygen atoms in total. The van der Waals surface area contributed by atoms with Crippen LogP contribution in [0.1, 0.15) is 20.3 Å². The van der Waals surface area contributed by atoms with Gasteiger partial charge < -0.3 is 20.1 Å². The first kappa shape index (κ1) is 13.9. The Morgan fingerprint density at radius 1 is 1.50 bits per heavy atom. The molecule has 1 aliphatic heterocycles. The molecule has 1 fully saturated rings. The van der Waals surface area contributed by atoms with E-state index in [1.54, 1.807) is 0 Å². The van der Waals surface area contributed by atoms with Crippen molar-refractivity contribution < 1.29 is 9.84 Å². The van der Waals surface area contributed by atoms with Gasteiger partial charge in [-0.15, -0.1) is 0 Å². The van der Waals surface area contributed by atoms with Crippen LogP contribution in [0.4, 0.5) is 0 Å². The van der Waals surface area contributed by atoms with Gasteiger partial charge in [-0.3, -0.25) is 0 Å². The summed E-state index contributed by atoms with van der Waals surface area (Å²) in [5.74, 6) is 0.520. The van der Waals surface area contributed by atoms with E-state index in [0.717, 1.165) is 26.2 Å². The van der Waals surface area contributed by atoms with Crippen LogP contribution in [0.5, 0.6) is 0 Å². The summed E-state index contributed by atoms with van der Waals surface area (Å²) in [6.45, 7) is 7.03. The Kier molecular flexibility index (Phi) is 5.18. The van der Waals surface area contributed by atoms with E-state index >= 15 is 0 Å². The predicted octanol–water partition coefficient (Wildman–Crippen LogP) is 0.314. The molecule has 0 amide bonds. The Morgan fingerprint density at radius 2 is 2.19 bits per heavy atom. The molecule has 0 aromatic rings. The molecule has 1 rings (SSSR count). The number of hydrogen-bond acceptors (Lipinski definition) is 4. The Bertz CT molecular complexity index is 204. The van der Waals surface area contributed by atoms with Gasteiger partial charge in [0.25, 0.3) is 0 Å². The van der Waals surface area contributed by atoms with Crippen LogP contribution in [0.3, 0.4) is 0 Å². The topological polar surface area (TPSA) is 44.7 Å². The normalized spacial score (nSPS) is 27.4. The second-order valence-electron chi connectivity index (χ2n) is 5.53. The summed E-state index contributed by atoms with van der Waals surface area (Å²) >= 11 is 0. The Hall–Kier alpha value is -0.160. The van der Waals surface area contributed by atoms with Crippen LogP contribution in [-0.2, 0) is 4.74 Å². The number of nitrogens with zero attached hydrogens (tertiary/aromatic N) is 1. The number of likely N-dealkylation sites (N-methyl/N-ethyl adjacent to an activating group) is 1. The van der Waals surface area contributed by atoms with E-state index < -0.39 is 5.60 Å². The summed E-state index contributed by atoms with van der Waals surface area (Å²) in [6, 6.07) is 0.540. The van der Waals surface area contributed by atoms with E-state index in [2.05, 4.69) is 17.3 Å². The standard InChI is InChI=1S/C12H26N2O2/c1-12(2,15)9-14(4)7-10-8-16-6-5-11(10)13-3/h10-11,13,15H,5-9H2,1-4H3. The summed E-state index contributed by atoms with van der Waals surface area (Å²) in [5.41, 5.74) is -0.626. The van der Waals surface area contributed by atoms with Crippen molar-refractivity contribution in [1.29, 1.82) is 0 Å². The SMILES string of the molecule is CNC1CCOCC1CN(C)CC(C)(C)O. The first-order valence-corrected chi connectivity index (χ1v) is 6.08. The molecule has 4 heteroatoms. The van der Waals surface area contributed by atoms with Gasteiger partial charge in [0.1, 0.15) is 0 Å². The van der Waals surface area contributed by atoms with Gasteiger partial charge in [-0.2, -0.15) is 0 Å². The van der Waals surface area contributed by atoms with E-state index in [-0.39, 0.29) is 0 Å². The van der Waals surface area contributed by atoms with Gasteiger partial charge in [-0.25, -0.2) is 0 Å². The third-order valence-corrected chi connectivity index (χ3v) is 3.05. The van der Waals surface area contributed by atoms with Crippen molar-refractivity contribution in [3.8, 4) is 0 Å². The zero-order chi connectivity index (χ0) is 12.2. The van der Waals surface area contributed by atoms with Gasteiger partial charge in [-0.05, 0) is 34.4 Å². The molecule has 16 heavy (non-hydrogen) atoms. The highest BCUT2D eigenvalue weighted by atomic mass is 16.5. The van der Waals surface area contributed by atoms with Crippen molar-refractivity contribution in [2.75, 3.05) is 40.4 Å². The summed E-state index contributed by atoms with van der Waals surface area (Å²) < 4.78 is 5.52. The van der Waals surface area contributed by atoms with Crippen molar-refractivity contribution in [3.05, 3.63) is 0 Å². The molecule has 96 valence electrons. The fourth-order valence-corrected chi connectivity index (χ4v) is 2.48. The number of aliphatic hydroxyl groups is 1. The molecule has 2 unspecified atom stereocenters. The van der Waals surface area contributed by atoms with E-state index in [4.69, 9.17) is 4.74 Å². The third kappa shape index (κ3) is 4.78. The van der Waals surface area contributed by atoms with Crippen LogP contribution in [0, 0.1) is 5.92 Å². The lowest BCUT2D eigenvalue weighted by atomic mass is 9.95. The average Bonchev–Trinajstić information content (AvgIpc) is 2.15. The van der Waals surface area contributed by atoms with E-state index in [1.165, 1.54) is 0 Å². The van der Waals surface area contributed by atoms with Crippen LogP contribution in [0.15, 0.2) is 0 Å². The molecule has 0 aromatic carbocycles. The maximum atomic E-state index is 9.75. The molecule has 0 aromatic heterocycles. The first-order chi connectivity index (χ1) is 7.42. The molecule has 0 radical (unpaired) electrons. The summed E-state index contributed by atoms with van der Waals surface area (Å²) in [5, 5.41) is 13.1. The smallest absolute Gasteiger partial charge is 0.0718 e. The van der Waals surface area contributed by atoms with Gasteiger partial charge in [0.2, 0.25) is 0 Å². The fourth-order valence-electron chi connectivity index (χ4n) is 2.48. The minimum absolute atomic E-state index is 0.520. The number of hydrogen-bond donors (Lipinski definition) is 2. The molecule has 0 spiro atoms. The Labute approximate surface area is 99.0 Å². The van der Waals surface area contributed by atoms with Crippen LogP contribution in [0.25, 0.3) is 0 Å². The highest BCUT2D eigenvalue weighted by molar-refractivity contribution is 4.81. The second-order valence-corrected chi connectivity index (χ2v) is 5.53. The van der Waals surface area contributed by atoms with E-state index in [9.17, 15) is 5.11 Å². The van der Waals surface area contributed by atoms with Gasteiger partial charge in [-0.1, -0.05) is 0 Å². The molecule has 2 atom stereocenters. The minimum Gasteiger partial charge on any atom is -0.389 e. The number of rotatable bonds is 5. The Morgan fingerprint density at radius 3 is 2.75 bits per heavy atom. The second kappa shape index (κ2) is 5.96. The highest BCUT2D eigenvalue weighted by Gasteiger charge is 2.26. The largest absolute Gasteiger partial charge is 0.389 e. The van der Waals surface area contributed by atoms with Crippen LogP contribution < -0.4 is 5.32 Å². The lowest BCUT2D eigenvalue weighted by Crippen LogP contribution is -2.48.